The molecule has 1 fully saturated rings. The summed E-state index contributed by atoms with van der Waals surface area (Å²) in [5, 5.41) is 8.24. The van der Waals surface area contributed by atoms with Crippen LogP contribution >= 0.6 is 0 Å². The standard InChI is InChI=1S/C5H8N2O6S/c8-4(9)2-14(11,12)7-3-1-13-6-5(3)10/h3,7H,1-2H2,(H,6,10)(H,8,9)/t3-/m1/s1. The molecule has 0 bridgehead atoms. The lowest BCUT2D eigenvalue weighted by molar-refractivity contribution is -0.134. The molecule has 1 atom stereocenters. The Morgan fingerprint density at radius 3 is 2.79 bits per heavy atom. The smallest absolute Gasteiger partial charge is 0.320 e. The number of carboxylic acid groups (broad SMARTS) is 1. The number of amides is 1. The van der Waals surface area contributed by atoms with Gasteiger partial charge < -0.3 is 5.11 Å². The van der Waals surface area contributed by atoms with Crippen molar-refractivity contribution in [2.75, 3.05) is 12.4 Å². The summed E-state index contributed by atoms with van der Waals surface area (Å²) >= 11 is 0. The molecule has 8 nitrogen and oxygen atoms in total. The Kier molecular flexibility index (Phi) is 3.03. The highest BCUT2D eigenvalue weighted by Gasteiger charge is 2.30. The van der Waals surface area contributed by atoms with Crippen molar-refractivity contribution in [1.82, 2.24) is 10.2 Å². The monoisotopic (exact) mass is 224 g/mol. The Hall–Kier alpha value is -1.19. The van der Waals surface area contributed by atoms with Gasteiger partial charge in [0.05, 0.1) is 0 Å². The van der Waals surface area contributed by atoms with Crippen LogP contribution in [0, 0.1) is 0 Å². The number of hydrogen-bond donors (Lipinski definition) is 3. The van der Waals surface area contributed by atoms with Crippen molar-refractivity contribution in [3.8, 4) is 0 Å². The van der Waals surface area contributed by atoms with Crippen LogP contribution in [-0.2, 0) is 24.4 Å². The first-order valence-corrected chi connectivity index (χ1v) is 5.19. The molecule has 0 unspecified atom stereocenters. The van der Waals surface area contributed by atoms with Gasteiger partial charge in [-0.05, 0) is 0 Å². The lowest BCUT2D eigenvalue weighted by Gasteiger charge is -2.06. The van der Waals surface area contributed by atoms with Crippen molar-refractivity contribution in [3.63, 3.8) is 0 Å². The highest BCUT2D eigenvalue weighted by molar-refractivity contribution is 7.90. The number of sulfonamides is 1. The zero-order chi connectivity index (χ0) is 10.8. The molecule has 14 heavy (non-hydrogen) atoms. The van der Waals surface area contributed by atoms with Crippen molar-refractivity contribution < 1.29 is 28.0 Å². The van der Waals surface area contributed by atoms with Crippen LogP contribution in [0.5, 0.6) is 0 Å². The lowest BCUT2D eigenvalue weighted by Crippen LogP contribution is -2.43. The third kappa shape index (κ3) is 2.94. The van der Waals surface area contributed by atoms with Crippen molar-refractivity contribution in [1.29, 1.82) is 0 Å². The minimum Gasteiger partial charge on any atom is -0.480 e. The van der Waals surface area contributed by atoms with Gasteiger partial charge in [-0.1, -0.05) is 0 Å². The molecule has 1 saturated heterocycles. The van der Waals surface area contributed by atoms with E-state index in [9.17, 15) is 18.0 Å². The summed E-state index contributed by atoms with van der Waals surface area (Å²) < 4.78 is 23.9. The highest BCUT2D eigenvalue weighted by Crippen LogP contribution is 1.97. The molecule has 1 rings (SSSR count). The summed E-state index contributed by atoms with van der Waals surface area (Å²) in [5.74, 6) is -3.20. The lowest BCUT2D eigenvalue weighted by atomic mass is 10.3. The Balaban J connectivity index is 2.59. The molecule has 1 heterocycles. The van der Waals surface area contributed by atoms with Gasteiger partial charge in [0.25, 0.3) is 5.91 Å². The molecule has 0 aromatic carbocycles. The number of carboxylic acids is 1. The second kappa shape index (κ2) is 3.90. The number of carbonyl (C=O) groups is 2. The van der Waals surface area contributed by atoms with Gasteiger partial charge in [0.2, 0.25) is 10.0 Å². The van der Waals surface area contributed by atoms with E-state index >= 15 is 0 Å². The molecular weight excluding hydrogens is 216 g/mol. The predicted molar refractivity (Wildman–Crippen MR) is 42.4 cm³/mol. The van der Waals surface area contributed by atoms with E-state index in [1.54, 1.807) is 0 Å². The fourth-order valence-corrected chi connectivity index (χ4v) is 1.87. The molecule has 0 aromatic heterocycles. The van der Waals surface area contributed by atoms with Crippen molar-refractivity contribution in [2.45, 2.75) is 6.04 Å². The molecule has 80 valence electrons. The highest BCUT2D eigenvalue weighted by atomic mass is 32.2. The minimum atomic E-state index is -3.99. The van der Waals surface area contributed by atoms with E-state index in [2.05, 4.69) is 4.84 Å². The number of rotatable bonds is 4. The van der Waals surface area contributed by atoms with E-state index in [1.165, 1.54) is 0 Å². The molecule has 0 aliphatic carbocycles. The predicted octanol–water partition coefficient (Wildman–Crippen LogP) is -2.58. The van der Waals surface area contributed by atoms with Gasteiger partial charge in [-0.2, -0.15) is 4.72 Å². The van der Waals surface area contributed by atoms with Crippen LogP contribution in [0.1, 0.15) is 0 Å². The normalized spacial score (nSPS) is 22.0. The van der Waals surface area contributed by atoms with Gasteiger partial charge in [-0.3, -0.25) is 14.4 Å². The largest absolute Gasteiger partial charge is 0.480 e. The summed E-state index contributed by atoms with van der Waals surface area (Å²) in [7, 11) is -3.99. The third-order valence-electron chi connectivity index (χ3n) is 1.37. The first-order valence-electron chi connectivity index (χ1n) is 3.54. The molecule has 1 amide bonds. The minimum absolute atomic E-state index is 0.155. The SMILES string of the molecule is O=C(O)CS(=O)(=O)N[C@@H]1CONC1=O. The molecule has 3 N–H and O–H groups in total. The van der Waals surface area contributed by atoms with Gasteiger partial charge in [0.15, 0.2) is 5.75 Å². The van der Waals surface area contributed by atoms with E-state index in [1.807, 2.05) is 10.2 Å². The molecule has 0 spiro atoms. The van der Waals surface area contributed by atoms with Crippen LogP contribution in [0.2, 0.25) is 0 Å². The molecule has 0 saturated carbocycles. The van der Waals surface area contributed by atoms with Gasteiger partial charge in [0.1, 0.15) is 12.6 Å². The number of nitrogens with one attached hydrogen (secondary N) is 2. The maximum Gasteiger partial charge on any atom is 0.320 e. The molecule has 0 radical (unpaired) electrons. The number of carbonyl (C=O) groups excluding carboxylic acids is 1. The van der Waals surface area contributed by atoms with Crippen molar-refractivity contribution in [2.24, 2.45) is 0 Å². The summed E-state index contributed by atoms with van der Waals surface area (Å²) in [6.45, 7) is -0.155. The topological polar surface area (TPSA) is 122 Å². The van der Waals surface area contributed by atoms with Gasteiger partial charge >= 0.3 is 5.97 Å². The number of hydroxylamine groups is 1. The third-order valence-corrected chi connectivity index (χ3v) is 2.65. The van der Waals surface area contributed by atoms with Crippen molar-refractivity contribution in [3.05, 3.63) is 0 Å². The van der Waals surface area contributed by atoms with Crippen LogP contribution in [0.25, 0.3) is 0 Å². The number of aliphatic carboxylic acids is 1. The summed E-state index contributed by atoms with van der Waals surface area (Å²) in [4.78, 5) is 25.4. The van der Waals surface area contributed by atoms with Crippen molar-refractivity contribution >= 4 is 21.9 Å². The van der Waals surface area contributed by atoms with E-state index in [0.29, 0.717) is 0 Å². The van der Waals surface area contributed by atoms with Crippen LogP contribution < -0.4 is 10.2 Å². The van der Waals surface area contributed by atoms with E-state index in [4.69, 9.17) is 5.11 Å². The molecule has 0 aromatic rings. The maximum absolute atomic E-state index is 11.0. The van der Waals surface area contributed by atoms with Crippen LogP contribution in [0.4, 0.5) is 0 Å². The van der Waals surface area contributed by atoms with Crippen LogP contribution in [-0.4, -0.2) is 43.8 Å². The van der Waals surface area contributed by atoms with Gasteiger partial charge in [-0.15, -0.1) is 0 Å². The summed E-state index contributed by atoms with van der Waals surface area (Å²) in [6, 6.07) is -1.06. The molecule has 9 heteroatoms. The average molecular weight is 224 g/mol. The first kappa shape index (κ1) is 10.9. The van der Waals surface area contributed by atoms with Crippen LogP contribution in [0.3, 0.4) is 0 Å². The number of hydrogen-bond acceptors (Lipinski definition) is 5. The zero-order valence-corrected chi connectivity index (χ0v) is 7.70. The first-order chi connectivity index (χ1) is 6.41. The Morgan fingerprint density at radius 2 is 2.36 bits per heavy atom. The van der Waals surface area contributed by atoms with E-state index in [0.717, 1.165) is 0 Å². The molecule has 1 aliphatic rings. The summed E-state index contributed by atoms with van der Waals surface area (Å²) in [6.07, 6.45) is 0. The fraction of sp³-hybridized carbons (Fsp3) is 0.600. The van der Waals surface area contributed by atoms with E-state index in [-0.39, 0.29) is 6.61 Å². The Bertz CT molecular complexity index is 349. The fourth-order valence-electron chi connectivity index (χ4n) is 0.851. The van der Waals surface area contributed by atoms with E-state index < -0.39 is 33.7 Å². The quantitative estimate of drug-likeness (QED) is 0.482. The molecule has 1 aliphatic heterocycles. The Morgan fingerprint density at radius 1 is 1.71 bits per heavy atom. The zero-order valence-electron chi connectivity index (χ0n) is 6.89. The molecular formula is C5H8N2O6S. The maximum atomic E-state index is 11.0. The van der Waals surface area contributed by atoms with Gasteiger partial charge in [0, 0.05) is 0 Å². The summed E-state index contributed by atoms with van der Waals surface area (Å²) in [5.41, 5.74) is 1.93. The van der Waals surface area contributed by atoms with Crippen LogP contribution in [0.15, 0.2) is 0 Å². The Labute approximate surface area is 79.2 Å². The average Bonchev–Trinajstić information content (AvgIpc) is 2.32. The second-order valence-electron chi connectivity index (χ2n) is 2.60. The second-order valence-corrected chi connectivity index (χ2v) is 4.35. The van der Waals surface area contributed by atoms with Gasteiger partial charge in [-0.25, -0.2) is 13.9 Å².